The number of benzene rings is 3. The number of nitrogens with one attached hydrogen (secondary N) is 1. The average Bonchev–Trinajstić information content (AvgIpc) is 2.71. The highest BCUT2D eigenvalue weighted by atomic mass is 35.5. The molecule has 0 fully saturated rings. The maximum atomic E-state index is 13.1. The Labute approximate surface area is 186 Å². The number of halogens is 4. The summed E-state index contributed by atoms with van der Waals surface area (Å²) in [7, 11) is 0. The molecule has 3 aromatic carbocycles. The van der Waals surface area contributed by atoms with E-state index in [2.05, 4.69) is 9.72 Å². The number of pyridine rings is 1. The van der Waals surface area contributed by atoms with E-state index in [-0.39, 0.29) is 11.2 Å². The number of ether oxygens (including phenoxy) is 2. The molecule has 1 N–H and O–H groups in total. The maximum absolute atomic E-state index is 13.1. The first kappa shape index (κ1) is 21.8. The minimum absolute atomic E-state index is 0.132. The highest BCUT2D eigenvalue weighted by Crippen LogP contribution is 2.30. The maximum Gasteiger partial charge on any atom is 0.573 e. The lowest BCUT2D eigenvalue weighted by Crippen LogP contribution is -2.16. The van der Waals surface area contributed by atoms with E-state index in [1.807, 2.05) is 19.9 Å². The predicted octanol–water partition coefficient (Wildman–Crippen LogP) is 7.16. The molecule has 8 heteroatoms. The molecule has 4 rings (SSSR count). The predicted molar refractivity (Wildman–Crippen MR) is 118 cm³/mol. The zero-order chi connectivity index (χ0) is 23.0. The van der Waals surface area contributed by atoms with Gasteiger partial charge in [0, 0.05) is 27.2 Å². The SMILES string of the molecule is Cc1cc2[nH]c(C)c(-c3ccc(Oc4ccc(OC(F)(F)F)cc4)cc3)c(=O)c2cc1Cl. The van der Waals surface area contributed by atoms with Crippen LogP contribution in [0.4, 0.5) is 13.2 Å². The Kier molecular flexibility index (Phi) is 5.60. The third-order valence-electron chi connectivity index (χ3n) is 4.90. The van der Waals surface area contributed by atoms with Crippen molar-refractivity contribution in [3.63, 3.8) is 0 Å². The van der Waals surface area contributed by atoms with Crippen molar-refractivity contribution < 1.29 is 22.6 Å². The molecule has 1 aromatic heterocycles. The van der Waals surface area contributed by atoms with Crippen molar-refractivity contribution in [2.24, 2.45) is 0 Å². The average molecular weight is 460 g/mol. The molecular formula is C24H17ClF3NO3. The van der Waals surface area contributed by atoms with Crippen LogP contribution in [-0.4, -0.2) is 11.3 Å². The summed E-state index contributed by atoms with van der Waals surface area (Å²) >= 11 is 6.20. The van der Waals surface area contributed by atoms with E-state index in [0.717, 1.165) is 16.8 Å². The molecule has 0 saturated carbocycles. The molecule has 0 aliphatic carbocycles. The van der Waals surface area contributed by atoms with E-state index < -0.39 is 6.36 Å². The minimum atomic E-state index is -4.75. The van der Waals surface area contributed by atoms with Gasteiger partial charge in [0.2, 0.25) is 0 Å². The van der Waals surface area contributed by atoms with Gasteiger partial charge in [0.1, 0.15) is 17.2 Å². The monoisotopic (exact) mass is 459 g/mol. The van der Waals surface area contributed by atoms with Gasteiger partial charge < -0.3 is 14.5 Å². The van der Waals surface area contributed by atoms with Gasteiger partial charge in [-0.15, -0.1) is 13.2 Å². The van der Waals surface area contributed by atoms with Gasteiger partial charge in [-0.2, -0.15) is 0 Å². The molecule has 4 aromatic rings. The van der Waals surface area contributed by atoms with Crippen molar-refractivity contribution in [1.82, 2.24) is 4.98 Å². The van der Waals surface area contributed by atoms with E-state index >= 15 is 0 Å². The van der Waals surface area contributed by atoms with E-state index in [4.69, 9.17) is 16.3 Å². The summed E-state index contributed by atoms with van der Waals surface area (Å²) in [5.74, 6) is 0.477. The molecule has 0 radical (unpaired) electrons. The van der Waals surface area contributed by atoms with Crippen LogP contribution >= 0.6 is 11.6 Å². The van der Waals surface area contributed by atoms with Crippen molar-refractivity contribution in [3.05, 3.63) is 87.2 Å². The van der Waals surface area contributed by atoms with Gasteiger partial charge in [0.15, 0.2) is 5.43 Å². The third-order valence-corrected chi connectivity index (χ3v) is 5.31. The van der Waals surface area contributed by atoms with Crippen molar-refractivity contribution in [1.29, 1.82) is 0 Å². The summed E-state index contributed by atoms with van der Waals surface area (Å²) in [6.07, 6.45) is -4.75. The standard InChI is InChI=1S/C24H17ClF3NO3/c1-13-11-21-19(12-20(13)25)23(30)22(14(2)29-21)15-3-5-16(6-4-15)31-17-7-9-18(10-8-17)32-24(26,27)28/h3-12H,1-2H3,(H,29,30). The number of aromatic nitrogens is 1. The zero-order valence-electron chi connectivity index (χ0n) is 17.0. The minimum Gasteiger partial charge on any atom is -0.457 e. The number of hydrogen-bond acceptors (Lipinski definition) is 3. The van der Waals surface area contributed by atoms with Gasteiger partial charge in [0.05, 0.1) is 0 Å². The molecule has 0 bridgehead atoms. The highest BCUT2D eigenvalue weighted by molar-refractivity contribution is 6.32. The molecular weight excluding hydrogens is 443 g/mol. The van der Waals surface area contributed by atoms with E-state index in [0.29, 0.717) is 33.0 Å². The number of H-pyrrole nitrogens is 1. The number of rotatable bonds is 4. The van der Waals surface area contributed by atoms with Crippen molar-refractivity contribution >= 4 is 22.5 Å². The van der Waals surface area contributed by atoms with Crippen LogP contribution in [0, 0.1) is 13.8 Å². The number of fused-ring (bicyclic) bond motifs is 1. The normalized spacial score (nSPS) is 11.6. The second kappa shape index (κ2) is 8.24. The third kappa shape index (κ3) is 4.57. The van der Waals surface area contributed by atoms with E-state index in [1.165, 1.54) is 24.3 Å². The molecule has 0 atom stereocenters. The Morgan fingerprint density at radius 3 is 2.03 bits per heavy atom. The van der Waals surface area contributed by atoms with Crippen molar-refractivity contribution in [2.45, 2.75) is 20.2 Å². The Balaban J connectivity index is 1.60. The first-order valence-corrected chi connectivity index (χ1v) is 9.95. The molecule has 164 valence electrons. The Bertz CT molecular complexity index is 1350. The van der Waals surface area contributed by atoms with Gasteiger partial charge in [-0.25, -0.2) is 0 Å². The Morgan fingerprint density at radius 1 is 0.875 bits per heavy atom. The summed E-state index contributed by atoms with van der Waals surface area (Å²) in [6, 6.07) is 15.4. The largest absolute Gasteiger partial charge is 0.573 e. The van der Waals surface area contributed by atoms with Crippen LogP contribution in [-0.2, 0) is 0 Å². The number of hydrogen-bond donors (Lipinski definition) is 1. The number of aryl methyl sites for hydroxylation is 2. The lowest BCUT2D eigenvalue weighted by Gasteiger charge is -2.12. The van der Waals surface area contributed by atoms with Crippen LogP contribution in [0.25, 0.3) is 22.0 Å². The van der Waals surface area contributed by atoms with Crippen LogP contribution in [0.3, 0.4) is 0 Å². The molecule has 4 nitrogen and oxygen atoms in total. The molecule has 0 spiro atoms. The molecule has 0 amide bonds. The van der Waals surface area contributed by atoms with Gasteiger partial charge in [-0.3, -0.25) is 4.79 Å². The van der Waals surface area contributed by atoms with E-state index in [1.54, 1.807) is 30.3 Å². The fraction of sp³-hybridized carbons (Fsp3) is 0.125. The van der Waals surface area contributed by atoms with Crippen LogP contribution in [0.1, 0.15) is 11.3 Å². The second-order valence-corrected chi connectivity index (χ2v) is 7.65. The smallest absolute Gasteiger partial charge is 0.457 e. The first-order chi connectivity index (χ1) is 15.1. The fourth-order valence-corrected chi connectivity index (χ4v) is 3.59. The molecule has 1 heterocycles. The quantitative estimate of drug-likeness (QED) is 0.352. The van der Waals surface area contributed by atoms with Gasteiger partial charge in [-0.05, 0) is 73.5 Å². The molecule has 0 unspecified atom stereocenters. The summed E-state index contributed by atoms with van der Waals surface area (Å²) < 4.78 is 46.3. The molecule has 0 saturated heterocycles. The van der Waals surface area contributed by atoms with Crippen LogP contribution in [0.2, 0.25) is 5.02 Å². The second-order valence-electron chi connectivity index (χ2n) is 7.25. The lowest BCUT2D eigenvalue weighted by molar-refractivity contribution is -0.274. The molecule has 32 heavy (non-hydrogen) atoms. The van der Waals surface area contributed by atoms with Gasteiger partial charge in [-0.1, -0.05) is 23.7 Å². The van der Waals surface area contributed by atoms with Gasteiger partial charge in [0.25, 0.3) is 0 Å². The summed E-state index contributed by atoms with van der Waals surface area (Å²) in [5, 5.41) is 1.02. The van der Waals surface area contributed by atoms with E-state index in [9.17, 15) is 18.0 Å². The molecule has 0 aliphatic heterocycles. The highest BCUT2D eigenvalue weighted by Gasteiger charge is 2.31. The van der Waals surface area contributed by atoms with Crippen molar-refractivity contribution in [3.8, 4) is 28.4 Å². The van der Waals surface area contributed by atoms with Crippen LogP contribution in [0.5, 0.6) is 17.2 Å². The van der Waals surface area contributed by atoms with Gasteiger partial charge >= 0.3 is 6.36 Å². The number of alkyl halides is 3. The first-order valence-electron chi connectivity index (χ1n) is 9.57. The summed E-state index contributed by atoms with van der Waals surface area (Å²) in [5.41, 5.74) is 3.41. The Morgan fingerprint density at radius 2 is 1.44 bits per heavy atom. The van der Waals surface area contributed by atoms with Crippen LogP contribution < -0.4 is 14.9 Å². The zero-order valence-corrected chi connectivity index (χ0v) is 17.8. The Hall–Kier alpha value is -3.45. The summed E-state index contributed by atoms with van der Waals surface area (Å²) in [4.78, 5) is 16.4. The topological polar surface area (TPSA) is 51.3 Å². The number of aromatic amines is 1. The molecule has 0 aliphatic rings. The lowest BCUT2D eigenvalue weighted by atomic mass is 10.0. The van der Waals surface area contributed by atoms with Crippen molar-refractivity contribution in [2.75, 3.05) is 0 Å². The fourth-order valence-electron chi connectivity index (χ4n) is 3.42. The summed E-state index contributed by atoms with van der Waals surface area (Å²) in [6.45, 7) is 3.70. The van der Waals surface area contributed by atoms with Crippen LogP contribution in [0.15, 0.2) is 65.5 Å².